The highest BCUT2D eigenvalue weighted by atomic mass is 16.6. The van der Waals surface area contributed by atoms with Gasteiger partial charge in [-0.2, -0.15) is 5.26 Å². The van der Waals surface area contributed by atoms with E-state index in [1.807, 2.05) is 6.07 Å². The molecule has 7 heteroatoms. The van der Waals surface area contributed by atoms with Crippen molar-refractivity contribution in [1.82, 2.24) is 4.90 Å². The number of fused-ring (bicyclic) bond motifs is 1. The fraction of sp³-hybridized carbons (Fsp3) is 0.615. The normalized spacial score (nSPS) is 27.8. The number of hydrogen-bond acceptors (Lipinski definition) is 6. The molecule has 2 aliphatic rings. The number of ether oxygens (including phenoxy) is 3. The quantitative estimate of drug-likeness (QED) is 0.701. The van der Waals surface area contributed by atoms with E-state index in [-0.39, 0.29) is 18.3 Å². The van der Waals surface area contributed by atoms with E-state index in [0.29, 0.717) is 13.0 Å². The summed E-state index contributed by atoms with van der Waals surface area (Å²) in [5.74, 6) is -1.16. The standard InChI is InChI=1S/C13H16N2O5/c1-3-19-12(16)10-6-8(7-14)20-11-9(10)4-5-15(11)13(17)18-2/h6,9-11H,3-5H2,1-2H3/t9-,10+,11-/m0/s1. The van der Waals surface area contributed by atoms with Crippen LogP contribution in [-0.4, -0.2) is 43.5 Å². The molecule has 2 aliphatic heterocycles. The number of carbonyl (C=O) groups excluding carboxylic acids is 2. The summed E-state index contributed by atoms with van der Waals surface area (Å²) >= 11 is 0. The number of allylic oxidation sites excluding steroid dienone is 1. The molecule has 0 bridgehead atoms. The van der Waals surface area contributed by atoms with Crippen molar-refractivity contribution in [2.45, 2.75) is 19.6 Å². The highest BCUT2D eigenvalue weighted by molar-refractivity contribution is 5.76. The maximum Gasteiger partial charge on any atom is 0.412 e. The van der Waals surface area contributed by atoms with Crippen LogP contribution in [0.1, 0.15) is 13.3 Å². The smallest absolute Gasteiger partial charge is 0.412 e. The molecule has 108 valence electrons. The van der Waals surface area contributed by atoms with Gasteiger partial charge >= 0.3 is 12.1 Å². The first-order chi connectivity index (χ1) is 9.62. The molecule has 2 rings (SSSR count). The molecule has 1 fully saturated rings. The second kappa shape index (κ2) is 5.82. The average molecular weight is 280 g/mol. The minimum Gasteiger partial charge on any atom is -0.466 e. The summed E-state index contributed by atoms with van der Waals surface area (Å²) in [6.07, 6.45) is 0.883. The zero-order chi connectivity index (χ0) is 14.7. The van der Waals surface area contributed by atoms with Crippen molar-refractivity contribution in [3.8, 4) is 6.07 Å². The Kier molecular flexibility index (Phi) is 4.13. The van der Waals surface area contributed by atoms with Crippen molar-refractivity contribution in [2.24, 2.45) is 11.8 Å². The Bertz CT molecular complexity index is 482. The van der Waals surface area contributed by atoms with Gasteiger partial charge in [0.25, 0.3) is 0 Å². The number of rotatable bonds is 2. The van der Waals surface area contributed by atoms with Gasteiger partial charge in [-0.15, -0.1) is 0 Å². The number of carbonyl (C=O) groups is 2. The van der Waals surface area contributed by atoms with Crippen LogP contribution in [0, 0.1) is 23.2 Å². The van der Waals surface area contributed by atoms with Gasteiger partial charge in [0.1, 0.15) is 6.07 Å². The van der Waals surface area contributed by atoms with Crippen molar-refractivity contribution in [1.29, 1.82) is 5.26 Å². The third-order valence-electron chi connectivity index (χ3n) is 3.49. The van der Waals surface area contributed by atoms with Gasteiger partial charge in [-0.3, -0.25) is 9.69 Å². The molecule has 0 N–H and O–H groups in total. The zero-order valence-electron chi connectivity index (χ0n) is 11.4. The minimum absolute atomic E-state index is 0.0279. The first-order valence-electron chi connectivity index (χ1n) is 6.42. The highest BCUT2D eigenvalue weighted by Crippen LogP contribution is 2.38. The number of nitrogens with zero attached hydrogens (tertiary/aromatic N) is 2. The lowest BCUT2D eigenvalue weighted by molar-refractivity contribution is -0.151. The van der Waals surface area contributed by atoms with Crippen molar-refractivity contribution in [2.75, 3.05) is 20.3 Å². The number of amides is 1. The van der Waals surface area contributed by atoms with Crippen molar-refractivity contribution >= 4 is 12.1 Å². The Morgan fingerprint density at radius 2 is 2.35 bits per heavy atom. The molecule has 1 amide bonds. The number of esters is 1. The van der Waals surface area contributed by atoms with E-state index in [2.05, 4.69) is 4.74 Å². The monoisotopic (exact) mass is 280 g/mol. The SMILES string of the molecule is CCOC(=O)[C@@H]1C=C(C#N)O[C@H]2[C@H]1CCN2C(=O)OC. The van der Waals surface area contributed by atoms with Crippen LogP contribution in [0.15, 0.2) is 11.8 Å². The van der Waals surface area contributed by atoms with Crippen molar-refractivity contribution < 1.29 is 23.8 Å². The molecule has 0 radical (unpaired) electrons. The van der Waals surface area contributed by atoms with Gasteiger partial charge in [0.2, 0.25) is 0 Å². The van der Waals surface area contributed by atoms with E-state index in [9.17, 15) is 9.59 Å². The Labute approximate surface area is 116 Å². The Balaban J connectivity index is 2.25. The van der Waals surface area contributed by atoms with E-state index >= 15 is 0 Å². The highest BCUT2D eigenvalue weighted by Gasteiger charge is 2.48. The molecular formula is C13H16N2O5. The number of methoxy groups -OCH3 is 1. The van der Waals surface area contributed by atoms with Crippen LogP contribution < -0.4 is 0 Å². The first-order valence-corrected chi connectivity index (χ1v) is 6.42. The summed E-state index contributed by atoms with van der Waals surface area (Å²) in [6.45, 7) is 2.41. The number of hydrogen-bond donors (Lipinski definition) is 0. The molecule has 0 saturated carbocycles. The maximum atomic E-state index is 12.0. The lowest BCUT2D eigenvalue weighted by Crippen LogP contribution is -2.44. The predicted molar refractivity (Wildman–Crippen MR) is 65.9 cm³/mol. The van der Waals surface area contributed by atoms with Crippen LogP contribution >= 0.6 is 0 Å². The minimum atomic E-state index is -0.656. The van der Waals surface area contributed by atoms with Gasteiger partial charge in [-0.1, -0.05) is 0 Å². The molecule has 0 unspecified atom stereocenters. The van der Waals surface area contributed by atoms with Crippen molar-refractivity contribution in [3.05, 3.63) is 11.8 Å². The lowest BCUT2D eigenvalue weighted by atomic mass is 9.88. The lowest BCUT2D eigenvalue weighted by Gasteiger charge is -2.33. The van der Waals surface area contributed by atoms with Gasteiger partial charge in [-0.25, -0.2) is 4.79 Å². The molecule has 1 saturated heterocycles. The van der Waals surface area contributed by atoms with Gasteiger partial charge < -0.3 is 14.2 Å². The molecule has 0 aromatic carbocycles. The molecule has 3 atom stereocenters. The Hall–Kier alpha value is -2.23. The molecule has 20 heavy (non-hydrogen) atoms. The van der Waals surface area contributed by atoms with E-state index in [1.54, 1.807) is 6.92 Å². The van der Waals surface area contributed by atoms with Crippen LogP contribution in [0.3, 0.4) is 0 Å². The van der Waals surface area contributed by atoms with Crippen LogP contribution in [0.2, 0.25) is 0 Å². The Morgan fingerprint density at radius 1 is 1.60 bits per heavy atom. The van der Waals surface area contributed by atoms with Gasteiger partial charge in [-0.05, 0) is 19.4 Å². The van der Waals surface area contributed by atoms with Crippen LogP contribution in [0.25, 0.3) is 0 Å². The maximum absolute atomic E-state index is 12.0. The summed E-state index contributed by atoms with van der Waals surface area (Å²) in [7, 11) is 1.28. The topological polar surface area (TPSA) is 88.9 Å². The van der Waals surface area contributed by atoms with Crippen LogP contribution in [0.4, 0.5) is 4.79 Å². The van der Waals surface area contributed by atoms with Gasteiger partial charge in [0, 0.05) is 12.5 Å². The summed E-state index contributed by atoms with van der Waals surface area (Å²) in [5.41, 5.74) is 0. The number of nitriles is 1. The molecule has 0 spiro atoms. The average Bonchev–Trinajstić information content (AvgIpc) is 2.89. The molecule has 2 heterocycles. The second-order valence-electron chi connectivity index (χ2n) is 4.54. The summed E-state index contributed by atoms with van der Waals surface area (Å²) in [6, 6.07) is 1.87. The fourth-order valence-corrected chi connectivity index (χ4v) is 2.61. The van der Waals surface area contributed by atoms with Crippen LogP contribution in [-0.2, 0) is 19.0 Å². The van der Waals surface area contributed by atoms with E-state index in [1.165, 1.54) is 18.1 Å². The summed E-state index contributed by atoms with van der Waals surface area (Å²) in [4.78, 5) is 25.0. The van der Waals surface area contributed by atoms with Gasteiger partial charge in [0.05, 0.1) is 19.6 Å². The van der Waals surface area contributed by atoms with Crippen LogP contribution in [0.5, 0.6) is 0 Å². The second-order valence-corrected chi connectivity index (χ2v) is 4.54. The fourth-order valence-electron chi connectivity index (χ4n) is 2.61. The third kappa shape index (κ3) is 2.41. The van der Waals surface area contributed by atoms with E-state index in [0.717, 1.165) is 0 Å². The first kappa shape index (κ1) is 14.2. The molecule has 7 nitrogen and oxygen atoms in total. The van der Waals surface area contributed by atoms with Crippen molar-refractivity contribution in [3.63, 3.8) is 0 Å². The summed E-state index contributed by atoms with van der Waals surface area (Å²) < 4.78 is 15.2. The third-order valence-corrected chi connectivity index (χ3v) is 3.49. The molecule has 0 aliphatic carbocycles. The van der Waals surface area contributed by atoms with E-state index in [4.69, 9.17) is 14.7 Å². The molecule has 0 aromatic rings. The van der Waals surface area contributed by atoms with E-state index < -0.39 is 24.2 Å². The zero-order valence-corrected chi connectivity index (χ0v) is 11.4. The number of likely N-dealkylation sites (tertiary alicyclic amines) is 1. The largest absolute Gasteiger partial charge is 0.466 e. The summed E-state index contributed by atoms with van der Waals surface area (Å²) in [5, 5.41) is 8.99. The molecule has 0 aromatic heterocycles. The molecular weight excluding hydrogens is 264 g/mol. The Morgan fingerprint density at radius 3 is 2.95 bits per heavy atom. The van der Waals surface area contributed by atoms with Gasteiger partial charge in [0.15, 0.2) is 12.0 Å². The predicted octanol–water partition coefficient (Wildman–Crippen LogP) is 1.02.